The predicted molar refractivity (Wildman–Crippen MR) is 68.2 cm³/mol. The molecule has 0 aliphatic carbocycles. The number of aliphatic hydroxyl groups is 1. The van der Waals surface area contributed by atoms with Crippen LogP contribution in [0.4, 0.5) is 0 Å². The van der Waals surface area contributed by atoms with Crippen molar-refractivity contribution in [3.63, 3.8) is 0 Å². The molecule has 0 aliphatic rings. The van der Waals surface area contributed by atoms with Gasteiger partial charge >= 0.3 is 0 Å². The maximum absolute atomic E-state index is 11.3. The number of ether oxygens (including phenoxy) is 1. The highest BCUT2D eigenvalue weighted by Gasteiger charge is 2.04. The summed E-state index contributed by atoms with van der Waals surface area (Å²) in [6.07, 6.45) is 0. The van der Waals surface area contributed by atoms with Gasteiger partial charge in [-0.1, -0.05) is 6.07 Å². The van der Waals surface area contributed by atoms with Gasteiger partial charge in [0.05, 0.1) is 6.61 Å². The van der Waals surface area contributed by atoms with Crippen LogP contribution in [0.15, 0.2) is 24.3 Å². The number of amides is 1. The summed E-state index contributed by atoms with van der Waals surface area (Å²) < 4.78 is 5.51. The minimum Gasteiger partial charge on any atom is -0.492 e. The highest BCUT2D eigenvalue weighted by atomic mass is 16.5. The smallest absolute Gasteiger partial charge is 0.265 e. The molecule has 0 saturated carbocycles. The molecule has 1 amide bonds. The molecule has 6 nitrogen and oxygen atoms in total. The first-order valence-electron chi connectivity index (χ1n) is 5.70. The van der Waals surface area contributed by atoms with E-state index >= 15 is 0 Å². The maximum Gasteiger partial charge on any atom is 0.265 e. The minimum absolute atomic E-state index is 0.128. The van der Waals surface area contributed by atoms with E-state index in [2.05, 4.69) is 5.43 Å². The summed E-state index contributed by atoms with van der Waals surface area (Å²) in [6, 6.07) is 6.80. The summed E-state index contributed by atoms with van der Waals surface area (Å²) in [7, 11) is 1.90. The van der Waals surface area contributed by atoms with E-state index in [1.807, 2.05) is 11.9 Å². The number of hydrogen-bond donors (Lipinski definition) is 3. The van der Waals surface area contributed by atoms with Gasteiger partial charge in [-0.15, -0.1) is 0 Å². The van der Waals surface area contributed by atoms with Crippen LogP contribution in [0.2, 0.25) is 0 Å². The van der Waals surface area contributed by atoms with Crippen LogP contribution < -0.4 is 16.0 Å². The SMILES string of the molecule is CN(CCO)CCOc1cccc(C(=O)NN)c1. The Morgan fingerprint density at radius 2 is 2.28 bits per heavy atom. The van der Waals surface area contributed by atoms with Crippen molar-refractivity contribution in [1.29, 1.82) is 0 Å². The molecule has 100 valence electrons. The number of hydrazine groups is 1. The fraction of sp³-hybridized carbons (Fsp3) is 0.417. The van der Waals surface area contributed by atoms with Crippen molar-refractivity contribution in [2.45, 2.75) is 0 Å². The van der Waals surface area contributed by atoms with E-state index in [-0.39, 0.29) is 12.5 Å². The molecule has 0 fully saturated rings. The Hall–Kier alpha value is -1.63. The van der Waals surface area contributed by atoms with Gasteiger partial charge in [0.1, 0.15) is 12.4 Å². The van der Waals surface area contributed by atoms with Gasteiger partial charge in [-0.3, -0.25) is 10.2 Å². The molecule has 0 aliphatic heterocycles. The van der Waals surface area contributed by atoms with Crippen molar-refractivity contribution >= 4 is 5.91 Å². The van der Waals surface area contributed by atoms with Gasteiger partial charge in [-0.05, 0) is 25.2 Å². The number of benzene rings is 1. The van der Waals surface area contributed by atoms with Gasteiger partial charge in [0.2, 0.25) is 0 Å². The normalized spacial score (nSPS) is 10.4. The van der Waals surface area contributed by atoms with Crippen LogP contribution in [0.25, 0.3) is 0 Å². The molecule has 0 heterocycles. The van der Waals surface area contributed by atoms with Crippen LogP contribution in [0.1, 0.15) is 10.4 Å². The highest BCUT2D eigenvalue weighted by molar-refractivity contribution is 5.94. The number of nitrogen functional groups attached to an aromatic ring is 1. The lowest BCUT2D eigenvalue weighted by atomic mass is 10.2. The maximum atomic E-state index is 11.3. The first-order chi connectivity index (χ1) is 8.67. The molecule has 4 N–H and O–H groups in total. The zero-order valence-corrected chi connectivity index (χ0v) is 10.4. The van der Waals surface area contributed by atoms with Crippen molar-refractivity contribution in [1.82, 2.24) is 10.3 Å². The summed E-state index contributed by atoms with van der Waals surface area (Å²) >= 11 is 0. The zero-order valence-electron chi connectivity index (χ0n) is 10.4. The molecule has 1 aromatic rings. The molecule has 0 unspecified atom stereocenters. The molecule has 6 heteroatoms. The number of carbonyl (C=O) groups excluding carboxylic acids is 1. The Bertz CT molecular complexity index is 385. The number of hydrogen-bond acceptors (Lipinski definition) is 5. The quantitative estimate of drug-likeness (QED) is 0.349. The Morgan fingerprint density at radius 1 is 1.50 bits per heavy atom. The van der Waals surface area contributed by atoms with Crippen molar-refractivity contribution in [3.8, 4) is 5.75 Å². The summed E-state index contributed by atoms with van der Waals surface area (Å²) in [5.41, 5.74) is 2.53. The lowest BCUT2D eigenvalue weighted by molar-refractivity contribution is 0.0953. The molecular formula is C12H19N3O3. The standard InChI is InChI=1S/C12H19N3O3/c1-15(5-7-16)6-8-18-11-4-2-3-10(9-11)12(17)14-13/h2-4,9,16H,5-8,13H2,1H3,(H,14,17). The molecule has 1 rings (SSSR count). The molecule has 0 radical (unpaired) electrons. The van der Waals surface area contributed by atoms with E-state index < -0.39 is 0 Å². The van der Waals surface area contributed by atoms with Gasteiger partial charge in [-0.2, -0.15) is 0 Å². The van der Waals surface area contributed by atoms with E-state index in [4.69, 9.17) is 15.7 Å². The third kappa shape index (κ3) is 4.70. The van der Waals surface area contributed by atoms with Crippen molar-refractivity contribution < 1.29 is 14.6 Å². The third-order valence-corrected chi connectivity index (χ3v) is 2.45. The van der Waals surface area contributed by atoms with Crippen LogP contribution in [0.5, 0.6) is 5.75 Å². The Kier molecular flexibility index (Phi) is 6.13. The van der Waals surface area contributed by atoms with E-state index in [0.717, 1.165) is 0 Å². The largest absolute Gasteiger partial charge is 0.492 e. The Labute approximate surface area is 106 Å². The minimum atomic E-state index is -0.349. The number of nitrogens with one attached hydrogen (secondary N) is 1. The average Bonchev–Trinajstić information content (AvgIpc) is 2.38. The molecule has 18 heavy (non-hydrogen) atoms. The van der Waals surface area contributed by atoms with Gasteiger partial charge < -0.3 is 14.7 Å². The van der Waals surface area contributed by atoms with E-state index in [0.29, 0.717) is 31.0 Å². The Balaban J connectivity index is 2.45. The second-order valence-electron chi connectivity index (χ2n) is 3.88. The molecule has 0 aromatic heterocycles. The highest BCUT2D eigenvalue weighted by Crippen LogP contribution is 2.13. The lowest BCUT2D eigenvalue weighted by Crippen LogP contribution is -2.30. The van der Waals surface area contributed by atoms with Gasteiger partial charge in [0, 0.05) is 18.7 Å². The third-order valence-electron chi connectivity index (χ3n) is 2.45. The molecule has 0 spiro atoms. The molecule has 0 bridgehead atoms. The first kappa shape index (κ1) is 14.4. The predicted octanol–water partition coefficient (Wildman–Crippen LogP) is -0.407. The lowest BCUT2D eigenvalue weighted by Gasteiger charge is -2.15. The van der Waals surface area contributed by atoms with Crippen LogP contribution >= 0.6 is 0 Å². The monoisotopic (exact) mass is 253 g/mol. The number of nitrogens with two attached hydrogens (primary N) is 1. The summed E-state index contributed by atoms with van der Waals surface area (Å²) in [6.45, 7) is 1.93. The first-order valence-corrected chi connectivity index (χ1v) is 5.70. The van der Waals surface area contributed by atoms with Crippen LogP contribution in [-0.4, -0.2) is 49.3 Å². The number of nitrogens with zero attached hydrogens (tertiary/aromatic N) is 1. The van der Waals surface area contributed by atoms with Crippen LogP contribution in [0.3, 0.4) is 0 Å². The van der Waals surface area contributed by atoms with Gasteiger partial charge in [0.15, 0.2) is 0 Å². The summed E-state index contributed by atoms with van der Waals surface area (Å²) in [5.74, 6) is 5.33. The number of likely N-dealkylation sites (N-methyl/N-ethyl adjacent to an activating group) is 1. The number of rotatable bonds is 7. The molecule has 0 saturated heterocycles. The fourth-order valence-electron chi connectivity index (χ4n) is 1.41. The zero-order chi connectivity index (χ0) is 13.4. The topological polar surface area (TPSA) is 87.8 Å². The van der Waals surface area contributed by atoms with Gasteiger partial charge in [-0.25, -0.2) is 5.84 Å². The van der Waals surface area contributed by atoms with Crippen molar-refractivity contribution in [2.24, 2.45) is 5.84 Å². The van der Waals surface area contributed by atoms with Crippen LogP contribution in [-0.2, 0) is 0 Å². The van der Waals surface area contributed by atoms with E-state index in [9.17, 15) is 4.79 Å². The van der Waals surface area contributed by atoms with Crippen molar-refractivity contribution in [2.75, 3.05) is 33.4 Å². The summed E-state index contributed by atoms with van der Waals surface area (Å²) in [5, 5.41) is 8.74. The fourth-order valence-corrected chi connectivity index (χ4v) is 1.41. The average molecular weight is 253 g/mol. The van der Waals surface area contributed by atoms with E-state index in [1.165, 1.54) is 0 Å². The van der Waals surface area contributed by atoms with Crippen LogP contribution in [0, 0.1) is 0 Å². The Morgan fingerprint density at radius 3 is 2.94 bits per heavy atom. The van der Waals surface area contributed by atoms with Gasteiger partial charge in [0.25, 0.3) is 5.91 Å². The summed E-state index contributed by atoms with van der Waals surface area (Å²) in [4.78, 5) is 13.3. The molecular weight excluding hydrogens is 234 g/mol. The second kappa shape index (κ2) is 7.65. The molecule has 0 atom stereocenters. The number of aliphatic hydroxyl groups excluding tert-OH is 1. The second-order valence-corrected chi connectivity index (χ2v) is 3.88. The van der Waals surface area contributed by atoms with E-state index in [1.54, 1.807) is 24.3 Å². The molecule has 1 aromatic carbocycles. The van der Waals surface area contributed by atoms with Crippen molar-refractivity contribution in [3.05, 3.63) is 29.8 Å². The number of carbonyl (C=O) groups is 1.